The molecule has 3 heterocycles. The number of nitrogens with two attached hydrogens (primary N) is 1. The molecule has 0 radical (unpaired) electrons. The fraction of sp³-hybridized carbons (Fsp3) is 0.500. The molecule has 0 bridgehead atoms. The molecular weight excluding hydrogens is 459 g/mol. The predicted octanol–water partition coefficient (Wildman–Crippen LogP) is 0.0120. The van der Waals surface area contributed by atoms with Gasteiger partial charge in [-0.25, -0.2) is 18.4 Å². The van der Waals surface area contributed by atoms with Gasteiger partial charge in [0.15, 0.2) is 11.2 Å². The number of hydrogen-bond acceptors (Lipinski definition) is 11. The number of aromatic amines is 1. The lowest BCUT2D eigenvalue weighted by Gasteiger charge is -2.18. The molecule has 3 unspecified atom stereocenters. The molecule has 1 aliphatic rings. The largest absolute Gasteiger partial charge is 0.488 e. The van der Waals surface area contributed by atoms with Crippen LogP contribution in [0.5, 0.6) is 0 Å². The first-order valence-corrected chi connectivity index (χ1v) is 12.0. The third kappa shape index (κ3) is 5.58. The van der Waals surface area contributed by atoms with Crippen molar-refractivity contribution in [2.45, 2.75) is 25.2 Å². The second kappa shape index (κ2) is 8.36. The van der Waals surface area contributed by atoms with Gasteiger partial charge < -0.3 is 25.2 Å². The summed E-state index contributed by atoms with van der Waals surface area (Å²) in [5, 5.41) is 0. The van der Waals surface area contributed by atoms with Gasteiger partial charge in [0.05, 0.1) is 19.0 Å². The lowest BCUT2D eigenvalue weighted by atomic mass is 10.2. The molecule has 0 saturated carbocycles. The quantitative estimate of drug-likeness (QED) is 0.316. The average Bonchev–Trinajstić information content (AvgIpc) is 3.16. The van der Waals surface area contributed by atoms with Crippen molar-refractivity contribution in [2.75, 3.05) is 12.3 Å². The summed E-state index contributed by atoms with van der Waals surface area (Å²) in [5.41, 5.74) is 5.24. The summed E-state index contributed by atoms with van der Waals surface area (Å²) in [7, 11) is -14.3. The number of imidazole rings is 1. The van der Waals surface area contributed by atoms with Crippen molar-refractivity contribution >= 4 is 41.0 Å². The van der Waals surface area contributed by atoms with Gasteiger partial charge in [0.2, 0.25) is 5.95 Å². The maximum absolute atomic E-state index is 11.8. The van der Waals surface area contributed by atoms with Gasteiger partial charge in [0.1, 0.15) is 6.23 Å². The molecule has 0 amide bonds. The van der Waals surface area contributed by atoms with Crippen molar-refractivity contribution in [3.8, 4) is 0 Å². The predicted molar refractivity (Wildman–Crippen MR) is 94.7 cm³/mol. The molecule has 3 rings (SSSR count). The molecule has 2 aromatic rings. The van der Waals surface area contributed by atoms with E-state index in [0.29, 0.717) is 12.8 Å². The number of fused-ring (bicyclic) bond motifs is 1. The summed E-state index contributed by atoms with van der Waals surface area (Å²) >= 11 is 0. The molecule has 19 heteroatoms. The smallest absolute Gasteiger partial charge is 0.369 e. The van der Waals surface area contributed by atoms with Crippen molar-refractivity contribution in [2.24, 2.45) is 0 Å². The van der Waals surface area contributed by atoms with E-state index in [2.05, 4.69) is 28.1 Å². The summed E-state index contributed by atoms with van der Waals surface area (Å²) in [6, 6.07) is 0. The lowest BCUT2D eigenvalue weighted by Crippen LogP contribution is -2.17. The van der Waals surface area contributed by atoms with E-state index in [-0.39, 0.29) is 17.1 Å². The van der Waals surface area contributed by atoms with Crippen LogP contribution in [0, 0.1) is 0 Å². The van der Waals surface area contributed by atoms with Crippen LogP contribution in [-0.2, 0) is 31.6 Å². The molecule has 29 heavy (non-hydrogen) atoms. The average molecular weight is 475 g/mol. The zero-order valence-electron chi connectivity index (χ0n) is 14.3. The molecule has 5 atom stereocenters. The maximum Gasteiger partial charge on any atom is 0.488 e. The normalized spacial score (nSPS) is 24.9. The second-order valence-corrected chi connectivity index (χ2v) is 9.78. The third-order valence-electron chi connectivity index (χ3n) is 3.67. The molecule has 1 aliphatic heterocycles. The topological polar surface area (TPSA) is 238 Å². The first-order chi connectivity index (χ1) is 13.5. The van der Waals surface area contributed by atoms with Gasteiger partial charge in [-0.05, 0) is 12.8 Å². The van der Waals surface area contributed by atoms with Crippen molar-refractivity contribution in [3.63, 3.8) is 0 Å². The molecule has 1 fully saturated rings. The Morgan fingerprint density at radius 2 is 2.10 bits per heavy atom. The molecule has 0 spiro atoms. The molecule has 6 N–H and O–H groups in total. The number of rotatable bonds is 8. The number of hydrogen-bond donors (Lipinski definition) is 5. The third-order valence-corrected chi connectivity index (χ3v) is 7.34. The summed E-state index contributed by atoms with van der Waals surface area (Å²) < 4.78 is 52.7. The summed E-state index contributed by atoms with van der Waals surface area (Å²) in [6.45, 7) is -0.513. The van der Waals surface area contributed by atoms with E-state index < -0.39 is 48.4 Å². The molecule has 0 aliphatic carbocycles. The van der Waals surface area contributed by atoms with Gasteiger partial charge >= 0.3 is 23.9 Å². The molecule has 1 saturated heterocycles. The van der Waals surface area contributed by atoms with Crippen LogP contribution in [-0.4, -0.2) is 46.9 Å². The fourth-order valence-corrected chi connectivity index (χ4v) is 5.42. The number of anilines is 1. The maximum atomic E-state index is 11.8. The molecule has 2 aromatic heterocycles. The van der Waals surface area contributed by atoms with Crippen molar-refractivity contribution in [1.82, 2.24) is 19.5 Å². The van der Waals surface area contributed by atoms with E-state index in [4.69, 9.17) is 20.3 Å². The van der Waals surface area contributed by atoms with Crippen LogP contribution in [0.25, 0.3) is 11.2 Å². The van der Waals surface area contributed by atoms with E-state index >= 15 is 0 Å². The molecule has 162 valence electrons. The van der Waals surface area contributed by atoms with E-state index in [9.17, 15) is 23.4 Å². The highest BCUT2D eigenvalue weighted by atomic mass is 31.3. The Hall–Kier alpha value is -1.44. The van der Waals surface area contributed by atoms with Gasteiger partial charge in [0.25, 0.3) is 5.56 Å². The fourth-order valence-electron chi connectivity index (χ4n) is 2.61. The van der Waals surface area contributed by atoms with Crippen LogP contribution in [0.4, 0.5) is 5.95 Å². The Morgan fingerprint density at radius 1 is 1.38 bits per heavy atom. The minimum Gasteiger partial charge on any atom is -0.369 e. The lowest BCUT2D eigenvalue weighted by molar-refractivity contribution is -0.0204. The van der Waals surface area contributed by atoms with E-state index in [1.807, 2.05) is 0 Å². The van der Waals surface area contributed by atoms with Crippen LogP contribution < -0.4 is 11.3 Å². The van der Waals surface area contributed by atoms with Crippen molar-refractivity contribution in [1.29, 1.82) is 0 Å². The first kappa shape index (κ1) is 22.2. The Balaban J connectivity index is 1.62. The summed E-state index contributed by atoms with van der Waals surface area (Å²) in [5.74, 6) is -0.110. The zero-order valence-corrected chi connectivity index (χ0v) is 17.1. The van der Waals surface area contributed by atoms with Gasteiger partial charge in [-0.1, -0.05) is 0 Å². The highest BCUT2D eigenvalue weighted by Gasteiger charge is 2.38. The van der Waals surface area contributed by atoms with E-state index in [1.165, 1.54) is 10.9 Å². The number of nitrogens with one attached hydrogen (secondary N) is 1. The van der Waals surface area contributed by atoms with E-state index in [1.54, 1.807) is 0 Å². The Morgan fingerprint density at radius 3 is 2.79 bits per heavy atom. The highest BCUT2D eigenvalue weighted by Crippen LogP contribution is 2.63. The number of nitrogen functional groups attached to an aromatic ring is 1. The molecular formula is C10H16N5O11P3. The number of ether oxygens (including phenoxy) is 1. The van der Waals surface area contributed by atoms with Gasteiger partial charge in [-0.2, -0.15) is 9.29 Å². The minimum absolute atomic E-state index is 0.0534. The first-order valence-electron chi connectivity index (χ1n) is 7.77. The Labute approximate surface area is 161 Å². The van der Waals surface area contributed by atoms with Gasteiger partial charge in [0, 0.05) is 0 Å². The number of H-pyrrole nitrogens is 1. The van der Waals surface area contributed by atoms with Crippen LogP contribution in [0.2, 0.25) is 0 Å². The van der Waals surface area contributed by atoms with Crippen LogP contribution in [0.3, 0.4) is 0 Å². The van der Waals surface area contributed by atoms with Crippen LogP contribution in [0.1, 0.15) is 19.1 Å². The highest BCUT2D eigenvalue weighted by molar-refractivity contribution is 7.64. The Bertz CT molecular complexity index is 1080. The van der Waals surface area contributed by atoms with Crippen LogP contribution in [0.15, 0.2) is 11.1 Å². The summed E-state index contributed by atoms with van der Waals surface area (Å²) in [4.78, 5) is 49.1. The van der Waals surface area contributed by atoms with Crippen molar-refractivity contribution < 1.29 is 46.3 Å². The zero-order chi connectivity index (χ0) is 21.4. The van der Waals surface area contributed by atoms with E-state index in [0.717, 1.165) is 0 Å². The monoisotopic (exact) mass is 475 g/mol. The van der Waals surface area contributed by atoms with Crippen LogP contribution >= 0.6 is 23.9 Å². The standard InChI is InChI=1S/C10H16N5O11P3/c11-10-13-8-7(9(16)14-10)12-4-15(8)6-2-1-5(24-6)3-23-28(19,20)26-29(21,22)25-27(17)18/h4-6,27H,1-3H2,(H,17,18)(H,19,20)(H,21,22)(H3,11,13,14,16)/t5-,6+/m0/s1. The summed E-state index contributed by atoms with van der Waals surface area (Å²) in [6.07, 6.45) is 0.723. The second-order valence-electron chi connectivity index (χ2n) is 5.74. The van der Waals surface area contributed by atoms with Gasteiger partial charge in [-0.15, -0.1) is 0 Å². The minimum atomic E-state index is -5.28. The SMILES string of the molecule is Nc1nc2c(ncn2[C@H]2CC[C@@H](COP(=O)(O)OP(=O)(O)O[PH](=O)O)O2)c(=O)[nH]1. The number of nitrogens with zero attached hydrogens (tertiary/aromatic N) is 3. The van der Waals surface area contributed by atoms with Gasteiger partial charge in [-0.3, -0.25) is 23.4 Å². The molecule has 0 aromatic carbocycles. The number of phosphoric ester groups is 1. The molecule has 16 nitrogen and oxygen atoms in total. The number of aromatic nitrogens is 4. The van der Waals surface area contributed by atoms with Crippen molar-refractivity contribution in [3.05, 3.63) is 16.7 Å². The Kier molecular flexibility index (Phi) is 6.41. The number of phosphoric acid groups is 2.